The highest BCUT2D eigenvalue weighted by Crippen LogP contribution is 2.20. The molecule has 3 rings (SSSR count). The summed E-state index contributed by atoms with van der Waals surface area (Å²) in [7, 11) is 1.36. The van der Waals surface area contributed by atoms with Gasteiger partial charge in [0.1, 0.15) is 0 Å². The number of aryl methyl sites for hydroxylation is 3. The number of thiazole rings is 1. The van der Waals surface area contributed by atoms with Crippen LogP contribution < -0.4 is 4.80 Å². The first-order valence-corrected chi connectivity index (χ1v) is 9.60. The molecule has 1 aromatic heterocycles. The van der Waals surface area contributed by atoms with E-state index in [1.807, 2.05) is 43.5 Å². The molecule has 1 amide bonds. The maximum atomic E-state index is 12.5. The van der Waals surface area contributed by atoms with Crippen molar-refractivity contribution >= 4 is 33.4 Å². The van der Waals surface area contributed by atoms with E-state index in [2.05, 4.69) is 11.1 Å². The van der Waals surface area contributed by atoms with Gasteiger partial charge in [0.25, 0.3) is 5.91 Å². The first-order valence-electron chi connectivity index (χ1n) is 8.78. The van der Waals surface area contributed by atoms with Crippen LogP contribution in [0.4, 0.5) is 0 Å². The van der Waals surface area contributed by atoms with Crippen LogP contribution in [0.5, 0.6) is 0 Å². The van der Waals surface area contributed by atoms with Crippen LogP contribution in [0.1, 0.15) is 34.0 Å². The van der Waals surface area contributed by atoms with Gasteiger partial charge < -0.3 is 9.30 Å². The van der Waals surface area contributed by atoms with Gasteiger partial charge in [-0.3, -0.25) is 4.79 Å². The van der Waals surface area contributed by atoms with Crippen molar-refractivity contribution in [3.8, 4) is 0 Å². The molecule has 2 aromatic carbocycles. The van der Waals surface area contributed by atoms with Crippen molar-refractivity contribution < 1.29 is 14.3 Å². The SMILES string of the molecule is CCn1c(=NC(=O)Cc2ccc(C)cc2C)sc2cc(C(=O)OC)ccc21. The summed E-state index contributed by atoms with van der Waals surface area (Å²) in [5, 5.41) is 0. The Balaban J connectivity index is 1.99. The molecule has 6 heteroatoms. The summed E-state index contributed by atoms with van der Waals surface area (Å²) in [4.78, 5) is 29.3. The van der Waals surface area contributed by atoms with Crippen molar-refractivity contribution in [1.29, 1.82) is 0 Å². The van der Waals surface area contributed by atoms with Crippen LogP contribution in [-0.2, 0) is 22.5 Å². The number of fused-ring (bicyclic) bond motifs is 1. The summed E-state index contributed by atoms with van der Waals surface area (Å²) in [6.07, 6.45) is 0.275. The third-order valence-corrected chi connectivity index (χ3v) is 5.52. The molecule has 3 aromatic rings. The second-order valence-electron chi connectivity index (χ2n) is 6.42. The second kappa shape index (κ2) is 7.88. The number of hydrogen-bond acceptors (Lipinski definition) is 4. The first-order chi connectivity index (χ1) is 12.9. The normalized spacial score (nSPS) is 11.8. The molecule has 0 radical (unpaired) electrons. The summed E-state index contributed by atoms with van der Waals surface area (Å²) < 4.78 is 7.67. The van der Waals surface area contributed by atoms with Crippen LogP contribution in [0.25, 0.3) is 10.2 Å². The summed E-state index contributed by atoms with van der Waals surface area (Å²) >= 11 is 1.40. The number of rotatable bonds is 4. The highest BCUT2D eigenvalue weighted by Gasteiger charge is 2.12. The molecule has 0 atom stereocenters. The van der Waals surface area contributed by atoms with Crippen molar-refractivity contribution in [2.45, 2.75) is 33.7 Å². The number of amides is 1. The average Bonchev–Trinajstić information content (AvgIpc) is 2.99. The number of aromatic nitrogens is 1. The minimum atomic E-state index is -0.377. The number of esters is 1. The Bertz CT molecular complexity index is 1090. The molecule has 0 N–H and O–H groups in total. The number of carbonyl (C=O) groups excluding carboxylic acids is 2. The average molecular weight is 382 g/mol. The zero-order chi connectivity index (χ0) is 19.6. The summed E-state index contributed by atoms with van der Waals surface area (Å²) in [5.74, 6) is -0.554. The molecule has 0 aliphatic heterocycles. The monoisotopic (exact) mass is 382 g/mol. The van der Waals surface area contributed by atoms with Gasteiger partial charge in [0.2, 0.25) is 0 Å². The van der Waals surface area contributed by atoms with Gasteiger partial charge in [-0.1, -0.05) is 35.1 Å². The molecule has 0 fully saturated rings. The summed E-state index contributed by atoms with van der Waals surface area (Å²) in [5.41, 5.74) is 4.71. The summed E-state index contributed by atoms with van der Waals surface area (Å²) in [6.45, 7) is 6.74. The zero-order valence-electron chi connectivity index (χ0n) is 15.9. The second-order valence-corrected chi connectivity index (χ2v) is 7.42. The molecule has 0 saturated heterocycles. The maximum absolute atomic E-state index is 12.5. The van der Waals surface area contributed by atoms with Crippen molar-refractivity contribution in [2.75, 3.05) is 7.11 Å². The van der Waals surface area contributed by atoms with Gasteiger partial charge in [0, 0.05) is 6.54 Å². The van der Waals surface area contributed by atoms with Crippen LogP contribution in [0.15, 0.2) is 41.4 Å². The molecular weight excluding hydrogens is 360 g/mol. The molecule has 1 heterocycles. The lowest BCUT2D eigenvalue weighted by Crippen LogP contribution is -2.16. The minimum absolute atomic E-state index is 0.177. The van der Waals surface area contributed by atoms with Gasteiger partial charge in [-0.15, -0.1) is 0 Å². The Hall–Kier alpha value is -2.73. The minimum Gasteiger partial charge on any atom is -0.465 e. The molecule has 27 heavy (non-hydrogen) atoms. The predicted octanol–water partition coefficient (Wildman–Crippen LogP) is 3.80. The zero-order valence-corrected chi connectivity index (χ0v) is 16.7. The van der Waals surface area contributed by atoms with Gasteiger partial charge >= 0.3 is 5.97 Å². The van der Waals surface area contributed by atoms with Gasteiger partial charge in [-0.05, 0) is 50.1 Å². The number of nitrogens with zero attached hydrogens (tertiary/aromatic N) is 2. The molecule has 0 unspecified atom stereocenters. The van der Waals surface area contributed by atoms with Crippen molar-refractivity contribution in [3.05, 3.63) is 63.5 Å². The van der Waals surface area contributed by atoms with E-state index in [0.717, 1.165) is 21.3 Å². The van der Waals surface area contributed by atoms with Crippen LogP contribution in [0, 0.1) is 13.8 Å². The number of benzene rings is 2. The standard InChI is InChI=1S/C21H22N2O3S/c1-5-23-17-9-8-16(20(25)26-4)11-18(17)27-21(23)22-19(24)12-15-7-6-13(2)10-14(15)3/h6-11H,5,12H2,1-4H3. The topological polar surface area (TPSA) is 60.7 Å². The number of ether oxygens (including phenoxy) is 1. The highest BCUT2D eigenvalue weighted by atomic mass is 32.1. The maximum Gasteiger partial charge on any atom is 0.337 e. The highest BCUT2D eigenvalue weighted by molar-refractivity contribution is 7.16. The number of methoxy groups -OCH3 is 1. The van der Waals surface area contributed by atoms with E-state index in [9.17, 15) is 9.59 Å². The van der Waals surface area contributed by atoms with Gasteiger partial charge in [0.05, 0.1) is 29.3 Å². The van der Waals surface area contributed by atoms with Crippen molar-refractivity contribution in [1.82, 2.24) is 4.57 Å². The molecule has 140 valence electrons. The Kier molecular flexibility index (Phi) is 5.56. The lowest BCUT2D eigenvalue weighted by molar-refractivity contribution is -0.117. The fraction of sp³-hybridized carbons (Fsp3) is 0.286. The number of carbonyl (C=O) groups is 2. The van der Waals surface area contributed by atoms with E-state index in [1.54, 1.807) is 12.1 Å². The van der Waals surface area contributed by atoms with Gasteiger partial charge in [-0.25, -0.2) is 4.79 Å². The molecule has 0 aliphatic carbocycles. The van der Waals surface area contributed by atoms with E-state index in [-0.39, 0.29) is 18.3 Å². The van der Waals surface area contributed by atoms with Crippen molar-refractivity contribution in [3.63, 3.8) is 0 Å². The third kappa shape index (κ3) is 4.01. The lowest BCUT2D eigenvalue weighted by Gasteiger charge is -2.04. The van der Waals surface area contributed by atoms with E-state index in [1.165, 1.54) is 24.0 Å². The Morgan fingerprint density at radius 1 is 1.15 bits per heavy atom. The molecule has 5 nitrogen and oxygen atoms in total. The Morgan fingerprint density at radius 3 is 2.59 bits per heavy atom. The van der Waals surface area contributed by atoms with E-state index in [0.29, 0.717) is 16.9 Å². The quantitative estimate of drug-likeness (QED) is 0.645. The van der Waals surface area contributed by atoms with Crippen molar-refractivity contribution in [2.24, 2.45) is 4.99 Å². The molecule has 0 spiro atoms. The van der Waals surface area contributed by atoms with Gasteiger partial charge in [0.15, 0.2) is 4.80 Å². The predicted molar refractivity (Wildman–Crippen MR) is 107 cm³/mol. The van der Waals surface area contributed by atoms with Crippen LogP contribution >= 0.6 is 11.3 Å². The number of hydrogen-bond donors (Lipinski definition) is 0. The third-order valence-electron chi connectivity index (χ3n) is 4.48. The lowest BCUT2D eigenvalue weighted by atomic mass is 10.0. The fourth-order valence-corrected chi connectivity index (χ4v) is 4.21. The molecule has 0 aliphatic rings. The smallest absolute Gasteiger partial charge is 0.337 e. The Morgan fingerprint density at radius 2 is 1.93 bits per heavy atom. The largest absolute Gasteiger partial charge is 0.465 e. The summed E-state index contributed by atoms with van der Waals surface area (Å²) in [6, 6.07) is 11.5. The van der Waals surface area contributed by atoms with E-state index < -0.39 is 0 Å². The molecular formula is C21H22N2O3S. The fourth-order valence-electron chi connectivity index (χ4n) is 3.06. The molecule has 0 saturated carbocycles. The van der Waals surface area contributed by atoms with Crippen LogP contribution in [-0.4, -0.2) is 23.6 Å². The van der Waals surface area contributed by atoms with Gasteiger partial charge in [-0.2, -0.15) is 4.99 Å². The molecule has 0 bridgehead atoms. The van der Waals surface area contributed by atoms with E-state index in [4.69, 9.17) is 4.74 Å². The van der Waals surface area contributed by atoms with E-state index >= 15 is 0 Å². The Labute approximate surface area is 161 Å². The first kappa shape index (κ1) is 19.0. The van der Waals surface area contributed by atoms with Crippen LogP contribution in [0.3, 0.4) is 0 Å². The van der Waals surface area contributed by atoms with Crippen LogP contribution in [0.2, 0.25) is 0 Å².